The summed E-state index contributed by atoms with van der Waals surface area (Å²) in [5, 5.41) is 17.6. The van der Waals surface area contributed by atoms with Crippen LogP contribution in [0, 0.1) is 13.8 Å². The van der Waals surface area contributed by atoms with Crippen molar-refractivity contribution in [3.63, 3.8) is 0 Å². The Morgan fingerprint density at radius 1 is 1.07 bits per heavy atom. The van der Waals surface area contributed by atoms with E-state index >= 15 is 0 Å². The van der Waals surface area contributed by atoms with Gasteiger partial charge in [-0.2, -0.15) is 4.31 Å². The highest BCUT2D eigenvalue weighted by atomic mass is 32.2. The van der Waals surface area contributed by atoms with E-state index in [4.69, 9.17) is 9.84 Å². The maximum atomic E-state index is 13.7. The maximum absolute atomic E-state index is 13.7. The number of likely N-dealkylation sites (N-methyl/N-ethyl adjacent to an activating group) is 1. The number of aryl methyl sites for hydroxylation is 3. The van der Waals surface area contributed by atoms with Crippen molar-refractivity contribution in [2.75, 3.05) is 38.3 Å². The van der Waals surface area contributed by atoms with E-state index in [0.717, 1.165) is 38.9 Å². The highest BCUT2D eigenvalue weighted by Gasteiger charge is 2.32. The second-order valence-corrected chi connectivity index (χ2v) is 12.4. The molecule has 4 aromatic rings. The van der Waals surface area contributed by atoms with Crippen molar-refractivity contribution in [1.29, 1.82) is 0 Å². The number of esters is 1. The van der Waals surface area contributed by atoms with Crippen molar-refractivity contribution >= 4 is 32.7 Å². The first-order valence-electron chi connectivity index (χ1n) is 13.6. The van der Waals surface area contributed by atoms with Crippen LogP contribution in [0.15, 0.2) is 59.5 Å². The summed E-state index contributed by atoms with van der Waals surface area (Å²) >= 11 is 0. The topological polar surface area (TPSA) is 118 Å². The van der Waals surface area contributed by atoms with E-state index in [2.05, 4.69) is 10.3 Å². The molecule has 10 nitrogen and oxygen atoms in total. The van der Waals surface area contributed by atoms with Crippen LogP contribution >= 0.6 is 0 Å². The van der Waals surface area contributed by atoms with Gasteiger partial charge >= 0.3 is 5.97 Å². The van der Waals surface area contributed by atoms with Gasteiger partial charge in [-0.3, -0.25) is 4.79 Å². The molecule has 11 heteroatoms. The van der Waals surface area contributed by atoms with Crippen molar-refractivity contribution in [3.05, 3.63) is 82.4 Å². The number of fused-ring (bicyclic) bond motifs is 2. The Labute approximate surface area is 240 Å². The fraction of sp³-hybridized carbons (Fsp3) is 0.367. The Bertz CT molecular complexity index is 1700. The number of benzene rings is 3. The number of para-hydroxylation sites is 1. The quantitative estimate of drug-likeness (QED) is 0.317. The number of carbonyl (C=O) groups excluding carboxylic acids is 1. The lowest BCUT2D eigenvalue weighted by Gasteiger charge is -2.24. The molecule has 3 aromatic carbocycles. The van der Waals surface area contributed by atoms with Gasteiger partial charge in [0.1, 0.15) is 17.0 Å². The summed E-state index contributed by atoms with van der Waals surface area (Å²) in [5.41, 5.74) is 6.83. The number of nitrogens with zero attached hydrogens (tertiary/aromatic N) is 5. The van der Waals surface area contributed by atoms with Crippen LogP contribution in [0.4, 0.5) is 5.69 Å². The molecule has 216 valence electrons. The van der Waals surface area contributed by atoms with Crippen LogP contribution in [-0.4, -0.2) is 72.1 Å². The lowest BCUT2D eigenvalue weighted by molar-refractivity contribution is -0.144. The molecule has 5 rings (SSSR count). The Hall–Kier alpha value is -3.80. The Kier molecular flexibility index (Phi) is 8.12. The van der Waals surface area contributed by atoms with E-state index in [1.807, 2.05) is 75.3 Å². The molecule has 0 saturated heterocycles. The third kappa shape index (κ3) is 5.57. The fourth-order valence-electron chi connectivity index (χ4n) is 5.48. The van der Waals surface area contributed by atoms with Crippen LogP contribution < -0.4 is 4.90 Å². The zero-order valence-corrected chi connectivity index (χ0v) is 24.6. The minimum atomic E-state index is -3.73. The van der Waals surface area contributed by atoms with Gasteiger partial charge in [0, 0.05) is 39.6 Å². The average molecular weight is 578 g/mol. The van der Waals surface area contributed by atoms with E-state index < -0.39 is 16.0 Å². The fourth-order valence-corrected chi connectivity index (χ4v) is 7.13. The molecular formula is C30H35N5O5S. The lowest BCUT2D eigenvalue weighted by atomic mass is 9.84. The molecule has 2 heterocycles. The molecule has 0 fully saturated rings. The number of carbonyl (C=O) groups is 1. The Morgan fingerprint density at radius 2 is 1.85 bits per heavy atom. The molecular weight excluding hydrogens is 542 g/mol. The van der Waals surface area contributed by atoms with E-state index in [1.165, 1.54) is 4.31 Å². The van der Waals surface area contributed by atoms with Crippen LogP contribution in [0.5, 0.6) is 0 Å². The van der Waals surface area contributed by atoms with E-state index in [9.17, 15) is 13.2 Å². The highest BCUT2D eigenvalue weighted by molar-refractivity contribution is 7.89. The summed E-state index contributed by atoms with van der Waals surface area (Å²) in [7, 11) is -0.00000872. The number of aliphatic hydroxyl groups is 1. The molecule has 0 amide bonds. The van der Waals surface area contributed by atoms with Crippen molar-refractivity contribution in [2.45, 2.75) is 37.6 Å². The number of hydrogen-bond donors (Lipinski definition) is 1. The smallest absolute Gasteiger partial charge is 0.306 e. The van der Waals surface area contributed by atoms with Gasteiger partial charge in [0.05, 0.1) is 24.2 Å². The monoisotopic (exact) mass is 577 g/mol. The van der Waals surface area contributed by atoms with E-state index in [0.29, 0.717) is 23.7 Å². The van der Waals surface area contributed by atoms with Crippen molar-refractivity contribution < 1.29 is 23.1 Å². The van der Waals surface area contributed by atoms with Crippen molar-refractivity contribution in [3.8, 4) is 0 Å². The molecule has 0 spiro atoms. The van der Waals surface area contributed by atoms with Gasteiger partial charge in [-0.15, -0.1) is 5.10 Å². The van der Waals surface area contributed by atoms with Gasteiger partial charge in [-0.05, 0) is 59.9 Å². The molecule has 0 aliphatic carbocycles. The SMILES string of the molecule is Cc1ccc(C(CC(=O)OCCO)c2ccc3c(nnn3C)c2C)cc1CN1CCN(C)c2ccccc2S1(=O)=O. The number of aliphatic hydroxyl groups excluding tert-OH is 1. The molecule has 0 saturated carbocycles. The minimum Gasteiger partial charge on any atom is -0.463 e. The molecule has 1 aromatic heterocycles. The number of sulfonamides is 1. The minimum absolute atomic E-state index is 0.0509. The van der Waals surface area contributed by atoms with Crippen LogP contribution in [-0.2, 0) is 33.1 Å². The maximum Gasteiger partial charge on any atom is 0.306 e. The van der Waals surface area contributed by atoms with E-state index in [-0.39, 0.29) is 32.1 Å². The van der Waals surface area contributed by atoms with Crippen LogP contribution in [0.1, 0.15) is 40.2 Å². The molecule has 1 N–H and O–H groups in total. The third-order valence-electron chi connectivity index (χ3n) is 7.88. The number of rotatable bonds is 8. The standard InChI is InChI=1S/C30H35N5O5S/c1-20-9-10-22(17-23(20)19-35-14-13-33(3)26-7-5-6-8-28(26)41(35,38)39)25(18-29(37)40-16-15-36)24-11-12-27-30(21(24)2)31-32-34(27)4/h5-12,17,25,36H,13-16,18-19H2,1-4H3. The summed E-state index contributed by atoms with van der Waals surface area (Å²) < 4.78 is 36.0. The molecule has 1 aliphatic heterocycles. The van der Waals surface area contributed by atoms with Gasteiger partial charge in [0.2, 0.25) is 10.0 Å². The lowest BCUT2D eigenvalue weighted by Crippen LogP contribution is -2.33. The van der Waals surface area contributed by atoms with Crippen LogP contribution in [0.2, 0.25) is 0 Å². The largest absolute Gasteiger partial charge is 0.463 e. The number of ether oxygens (including phenoxy) is 1. The van der Waals surface area contributed by atoms with Crippen LogP contribution in [0.3, 0.4) is 0 Å². The van der Waals surface area contributed by atoms with E-state index in [1.54, 1.807) is 16.8 Å². The molecule has 41 heavy (non-hydrogen) atoms. The Morgan fingerprint density at radius 3 is 2.63 bits per heavy atom. The third-order valence-corrected chi connectivity index (χ3v) is 9.77. The summed E-state index contributed by atoms with van der Waals surface area (Å²) in [6.07, 6.45) is 0.0509. The van der Waals surface area contributed by atoms with Gasteiger partial charge < -0.3 is 14.7 Å². The number of aromatic nitrogens is 3. The zero-order valence-electron chi connectivity index (χ0n) is 23.7. The zero-order chi connectivity index (χ0) is 29.3. The van der Waals surface area contributed by atoms with Gasteiger partial charge in [-0.25, -0.2) is 13.1 Å². The molecule has 0 bridgehead atoms. The van der Waals surface area contributed by atoms with Crippen LogP contribution in [0.25, 0.3) is 11.0 Å². The van der Waals surface area contributed by atoms with Gasteiger partial charge in [0.15, 0.2) is 0 Å². The molecule has 1 unspecified atom stereocenters. The van der Waals surface area contributed by atoms with Crippen molar-refractivity contribution in [2.24, 2.45) is 7.05 Å². The van der Waals surface area contributed by atoms with Gasteiger partial charge in [-0.1, -0.05) is 41.6 Å². The summed E-state index contributed by atoms with van der Waals surface area (Å²) in [5.74, 6) is -0.806. The number of hydrogen-bond acceptors (Lipinski definition) is 8. The average Bonchev–Trinajstić information content (AvgIpc) is 3.31. The first-order valence-corrected chi connectivity index (χ1v) is 15.0. The second-order valence-electron chi connectivity index (χ2n) is 10.5. The number of anilines is 1. The second kappa shape index (κ2) is 11.6. The molecule has 1 aliphatic rings. The first-order chi connectivity index (χ1) is 19.6. The summed E-state index contributed by atoms with van der Waals surface area (Å²) in [6.45, 7) is 4.71. The first kappa shape index (κ1) is 28.7. The normalized spacial score (nSPS) is 15.9. The predicted molar refractivity (Wildman–Crippen MR) is 156 cm³/mol. The molecule has 1 atom stereocenters. The summed E-state index contributed by atoms with van der Waals surface area (Å²) in [4.78, 5) is 15.1. The Balaban J connectivity index is 1.54. The molecule has 0 radical (unpaired) electrons. The summed E-state index contributed by atoms with van der Waals surface area (Å²) in [6, 6.07) is 16.9. The predicted octanol–water partition coefficient (Wildman–Crippen LogP) is 3.28. The highest BCUT2D eigenvalue weighted by Crippen LogP contribution is 2.36. The van der Waals surface area contributed by atoms with Gasteiger partial charge in [0.25, 0.3) is 0 Å². The van der Waals surface area contributed by atoms with Crippen molar-refractivity contribution in [1.82, 2.24) is 19.3 Å².